The van der Waals surface area contributed by atoms with E-state index >= 15 is 0 Å². The number of esters is 1. The Labute approximate surface area is 223 Å². The Bertz CT molecular complexity index is 1140. The molecule has 0 bridgehead atoms. The molecule has 5 nitrogen and oxygen atoms in total. The fraction of sp³-hybridized carbons (Fsp3) is 0.531. The molecule has 5 heteroatoms. The lowest BCUT2D eigenvalue weighted by Gasteiger charge is -2.33. The lowest BCUT2D eigenvalue weighted by atomic mass is 9.72. The summed E-state index contributed by atoms with van der Waals surface area (Å²) >= 11 is 0. The number of ether oxygens (including phenoxy) is 1. The first-order chi connectivity index (χ1) is 16.7. The summed E-state index contributed by atoms with van der Waals surface area (Å²) in [6, 6.07) is 12.8. The van der Waals surface area contributed by atoms with Gasteiger partial charge in [0.1, 0.15) is 17.6 Å². The van der Waals surface area contributed by atoms with Crippen molar-refractivity contribution in [3.05, 3.63) is 58.7 Å². The summed E-state index contributed by atoms with van der Waals surface area (Å²) in [5.41, 5.74) is 3.31. The highest BCUT2D eigenvalue weighted by Gasteiger charge is 2.29. The molecule has 0 amide bonds. The second-order valence-corrected chi connectivity index (χ2v) is 13.6. The molecule has 0 radical (unpaired) electrons. The minimum Gasteiger partial charge on any atom is -0.507 e. The molecule has 0 aromatic heterocycles. The van der Waals surface area contributed by atoms with Gasteiger partial charge >= 0.3 is 5.97 Å². The number of phenolic OH excluding ortho intramolecular Hbond substituents is 1. The van der Waals surface area contributed by atoms with Crippen LogP contribution in [0, 0.1) is 22.2 Å². The summed E-state index contributed by atoms with van der Waals surface area (Å²) in [6.07, 6.45) is 2.72. The highest BCUT2D eigenvalue weighted by molar-refractivity contribution is 5.79. The van der Waals surface area contributed by atoms with Gasteiger partial charge in [-0.1, -0.05) is 81.4 Å². The van der Waals surface area contributed by atoms with E-state index < -0.39 is 5.97 Å². The van der Waals surface area contributed by atoms with Crippen LogP contribution in [0.5, 0.6) is 11.5 Å². The Morgan fingerprint density at radius 3 is 1.73 bits per heavy atom. The highest BCUT2D eigenvalue weighted by atomic mass is 16.5. The molecule has 0 aliphatic carbocycles. The fourth-order valence-electron chi connectivity index (χ4n) is 5.21. The normalized spacial score (nSPS) is 12.2. The van der Waals surface area contributed by atoms with Crippen LogP contribution in [0.1, 0.15) is 116 Å². The van der Waals surface area contributed by atoms with Crippen LogP contribution in [0.4, 0.5) is 0 Å². The quantitative estimate of drug-likeness (QED) is 0.242. The Hall–Kier alpha value is -3.13. The van der Waals surface area contributed by atoms with Gasteiger partial charge in [-0.3, -0.25) is 9.59 Å². The van der Waals surface area contributed by atoms with Crippen molar-refractivity contribution in [3.8, 4) is 17.6 Å². The summed E-state index contributed by atoms with van der Waals surface area (Å²) < 4.78 is 5.04. The van der Waals surface area contributed by atoms with Crippen LogP contribution in [0.2, 0.25) is 0 Å². The number of nitriles is 1. The van der Waals surface area contributed by atoms with Gasteiger partial charge in [0.15, 0.2) is 6.29 Å². The molecule has 2 rings (SSSR count). The number of aromatic hydroxyl groups is 1. The van der Waals surface area contributed by atoms with Crippen LogP contribution >= 0.6 is 0 Å². The molecule has 2 aromatic carbocycles. The van der Waals surface area contributed by atoms with E-state index in [-0.39, 0.29) is 27.4 Å². The van der Waals surface area contributed by atoms with Gasteiger partial charge in [0, 0.05) is 6.92 Å². The van der Waals surface area contributed by atoms with Gasteiger partial charge in [0.25, 0.3) is 0 Å². The van der Waals surface area contributed by atoms with Crippen molar-refractivity contribution in [1.29, 1.82) is 5.26 Å². The van der Waals surface area contributed by atoms with Gasteiger partial charge in [-0.2, -0.15) is 5.26 Å². The highest BCUT2D eigenvalue weighted by Crippen LogP contribution is 2.38. The molecule has 0 heterocycles. The molecule has 0 saturated carbocycles. The van der Waals surface area contributed by atoms with E-state index in [4.69, 9.17) is 4.74 Å². The Kier molecular flexibility index (Phi) is 10.3. The van der Waals surface area contributed by atoms with Crippen molar-refractivity contribution in [2.75, 3.05) is 0 Å². The molecular weight excluding hydrogens is 462 g/mol. The van der Waals surface area contributed by atoms with Crippen LogP contribution in [0.3, 0.4) is 0 Å². The average molecular weight is 508 g/mol. The summed E-state index contributed by atoms with van der Waals surface area (Å²) in [7, 11) is 0. The topological polar surface area (TPSA) is 87.4 Å². The largest absolute Gasteiger partial charge is 0.507 e. The van der Waals surface area contributed by atoms with Crippen LogP contribution < -0.4 is 4.74 Å². The molecule has 1 N–H and O–H groups in total. The van der Waals surface area contributed by atoms with Crippen molar-refractivity contribution >= 4 is 12.3 Å². The van der Waals surface area contributed by atoms with Gasteiger partial charge in [-0.15, -0.1) is 0 Å². The maximum absolute atomic E-state index is 11.0. The lowest BCUT2D eigenvalue weighted by molar-refractivity contribution is -0.131. The van der Waals surface area contributed by atoms with Gasteiger partial charge in [-0.25, -0.2) is 0 Å². The molecule has 2 aromatic rings. The van der Waals surface area contributed by atoms with E-state index in [0.717, 1.165) is 24.0 Å². The van der Waals surface area contributed by atoms with E-state index in [0.29, 0.717) is 23.2 Å². The predicted octanol–water partition coefficient (Wildman–Crippen LogP) is 8.12. The zero-order valence-electron chi connectivity index (χ0n) is 24.6. The molecule has 0 fully saturated rings. The molecule has 0 unspecified atom stereocenters. The van der Waals surface area contributed by atoms with Crippen molar-refractivity contribution in [1.82, 2.24) is 0 Å². The van der Waals surface area contributed by atoms with Crippen molar-refractivity contribution in [3.63, 3.8) is 0 Å². The first kappa shape index (κ1) is 31.9. The zero-order chi connectivity index (χ0) is 28.8. The molecular formula is C32H45NO4. The van der Waals surface area contributed by atoms with Gasteiger partial charge in [0.05, 0.1) is 11.1 Å². The van der Waals surface area contributed by atoms with Crippen LogP contribution in [0.25, 0.3) is 0 Å². The second kappa shape index (κ2) is 11.9. The summed E-state index contributed by atoms with van der Waals surface area (Å²) in [6.45, 7) is 23.2. The molecule has 0 atom stereocenters. The summed E-state index contributed by atoms with van der Waals surface area (Å²) in [5.74, 6) is -0.0335. The minimum absolute atomic E-state index is 0.0102. The first-order valence-electron chi connectivity index (χ1n) is 12.7. The number of phenols is 1. The minimum atomic E-state index is -0.414. The molecule has 0 saturated heterocycles. The predicted molar refractivity (Wildman–Crippen MR) is 150 cm³/mol. The number of benzene rings is 2. The van der Waals surface area contributed by atoms with Crippen molar-refractivity contribution < 1.29 is 19.4 Å². The summed E-state index contributed by atoms with van der Waals surface area (Å²) in [4.78, 5) is 21.9. The lowest BCUT2D eigenvalue weighted by Crippen LogP contribution is -2.25. The zero-order valence-corrected chi connectivity index (χ0v) is 24.6. The second-order valence-electron chi connectivity index (χ2n) is 13.6. The van der Waals surface area contributed by atoms with Gasteiger partial charge in [0.2, 0.25) is 0 Å². The monoisotopic (exact) mass is 507 g/mol. The first-order valence-corrected chi connectivity index (χ1v) is 12.7. The van der Waals surface area contributed by atoms with E-state index in [9.17, 15) is 20.0 Å². The molecule has 202 valence electrons. The fourth-order valence-corrected chi connectivity index (χ4v) is 5.21. The maximum atomic E-state index is 11.0. The molecule has 0 aliphatic heterocycles. The van der Waals surface area contributed by atoms with Crippen LogP contribution in [0.15, 0.2) is 36.4 Å². The third-order valence-corrected chi connectivity index (χ3v) is 6.02. The van der Waals surface area contributed by atoms with E-state index in [1.165, 1.54) is 6.92 Å². The smallest absolute Gasteiger partial charge is 0.308 e. The van der Waals surface area contributed by atoms with Crippen LogP contribution in [-0.4, -0.2) is 17.4 Å². The van der Waals surface area contributed by atoms with Gasteiger partial charge in [-0.05, 0) is 69.9 Å². The number of nitrogens with zero attached hydrogens (tertiary/aromatic N) is 1. The number of aldehydes is 1. The molecule has 37 heavy (non-hydrogen) atoms. The van der Waals surface area contributed by atoms with Crippen LogP contribution in [-0.2, 0) is 15.6 Å². The standard InChI is InChI=1S/C17H23NO2.C15H22O2/c1-12(19)20-15-8-7-14(9-13(15)10-18)17(5,6)11-16(2,3)4;1-14(2,3)10-15(4,5)12-6-7-13(17)11(8-12)9-16/h7-9H,11H2,1-6H3;6-9,17H,10H2,1-5H3. The van der Waals surface area contributed by atoms with Crippen molar-refractivity contribution in [2.24, 2.45) is 10.8 Å². The Balaban J connectivity index is 0.000000375. The number of hydrogen-bond donors (Lipinski definition) is 1. The van der Waals surface area contributed by atoms with E-state index in [1.54, 1.807) is 18.2 Å². The Morgan fingerprint density at radius 1 is 0.865 bits per heavy atom. The van der Waals surface area contributed by atoms with Gasteiger partial charge < -0.3 is 9.84 Å². The number of rotatable bonds is 6. The van der Waals surface area contributed by atoms with Crippen molar-refractivity contribution in [2.45, 2.75) is 99.8 Å². The molecule has 0 spiro atoms. The number of hydrogen-bond acceptors (Lipinski definition) is 5. The SMILES string of the molecule is CC(=O)Oc1ccc(C(C)(C)CC(C)(C)C)cc1C#N.CC(C)(C)CC(C)(C)c1ccc(O)c(C=O)c1. The number of carbonyl (C=O) groups is 2. The van der Waals surface area contributed by atoms with E-state index in [2.05, 4.69) is 75.3 Å². The third kappa shape index (κ3) is 10.4. The summed E-state index contributed by atoms with van der Waals surface area (Å²) in [5, 5.41) is 18.7. The average Bonchev–Trinajstić information content (AvgIpc) is 2.70. The maximum Gasteiger partial charge on any atom is 0.308 e. The third-order valence-electron chi connectivity index (χ3n) is 6.02. The van der Waals surface area contributed by atoms with E-state index in [1.807, 2.05) is 18.2 Å². The molecule has 0 aliphatic rings. The Morgan fingerprint density at radius 2 is 1.32 bits per heavy atom. The number of carbonyl (C=O) groups excluding carboxylic acids is 2.